The predicted octanol–water partition coefficient (Wildman–Crippen LogP) is 3.65. The number of amides is 2. The van der Waals surface area contributed by atoms with E-state index in [4.69, 9.17) is 0 Å². The highest BCUT2D eigenvalue weighted by molar-refractivity contribution is 5.90. The van der Waals surface area contributed by atoms with Crippen LogP contribution in [0.3, 0.4) is 0 Å². The Kier molecular flexibility index (Phi) is 7.21. The number of likely N-dealkylation sites (N-methyl/N-ethyl adjacent to an activating group) is 1. The van der Waals surface area contributed by atoms with Gasteiger partial charge in [0.25, 0.3) is 0 Å². The lowest BCUT2D eigenvalue weighted by Gasteiger charge is -2.28. The first-order valence-corrected chi connectivity index (χ1v) is 13.0. The largest absolute Gasteiger partial charge is 0.348 e. The molecule has 194 valence electrons. The lowest BCUT2D eigenvalue weighted by Crippen LogP contribution is -2.49. The number of hydrogen-bond donors (Lipinski definition) is 1. The maximum Gasteiger partial charge on any atom is 0.243 e. The van der Waals surface area contributed by atoms with E-state index >= 15 is 0 Å². The fourth-order valence-electron chi connectivity index (χ4n) is 5.02. The summed E-state index contributed by atoms with van der Waals surface area (Å²) in [6.07, 6.45) is 5.17. The molecular weight excluding hydrogens is 471 g/mol. The highest BCUT2D eigenvalue weighted by Crippen LogP contribution is 2.41. The van der Waals surface area contributed by atoms with E-state index < -0.39 is 12.1 Å². The van der Waals surface area contributed by atoms with Crippen molar-refractivity contribution in [2.24, 2.45) is 0 Å². The van der Waals surface area contributed by atoms with Crippen LogP contribution in [-0.2, 0) is 16.1 Å². The first-order chi connectivity index (χ1) is 17.9. The van der Waals surface area contributed by atoms with Gasteiger partial charge in [-0.25, -0.2) is 4.39 Å². The molecule has 1 aromatic heterocycles. The molecule has 1 aliphatic heterocycles. The van der Waals surface area contributed by atoms with Crippen LogP contribution in [0.1, 0.15) is 61.3 Å². The summed E-state index contributed by atoms with van der Waals surface area (Å²) in [5, 5.41) is 11.3. The maximum absolute atomic E-state index is 14.9. The van der Waals surface area contributed by atoms with Crippen molar-refractivity contribution in [3.8, 4) is 0 Å². The molecule has 9 heteroatoms. The van der Waals surface area contributed by atoms with Gasteiger partial charge in [-0.3, -0.25) is 14.3 Å². The van der Waals surface area contributed by atoms with Crippen LogP contribution >= 0.6 is 0 Å². The summed E-state index contributed by atoms with van der Waals surface area (Å²) in [4.78, 5) is 30.1. The minimum atomic E-state index is -0.575. The molecule has 1 saturated heterocycles. The van der Waals surface area contributed by atoms with Crippen molar-refractivity contribution in [3.05, 3.63) is 77.2 Å². The van der Waals surface area contributed by atoms with Gasteiger partial charge in [-0.05, 0) is 61.3 Å². The highest BCUT2D eigenvalue weighted by Gasteiger charge is 2.36. The number of anilines is 1. The third-order valence-corrected chi connectivity index (χ3v) is 7.28. The van der Waals surface area contributed by atoms with Crippen LogP contribution < -0.4 is 10.2 Å². The van der Waals surface area contributed by atoms with Crippen LogP contribution in [0, 0.1) is 5.82 Å². The van der Waals surface area contributed by atoms with Gasteiger partial charge in [0.1, 0.15) is 11.9 Å². The van der Waals surface area contributed by atoms with Crippen molar-refractivity contribution >= 4 is 17.6 Å². The average molecular weight is 505 g/mol. The molecule has 1 aliphatic carbocycles. The molecule has 0 bridgehead atoms. The third-order valence-electron chi connectivity index (χ3n) is 7.28. The van der Waals surface area contributed by atoms with E-state index in [9.17, 15) is 14.0 Å². The first kappa shape index (κ1) is 24.9. The standard InChI is InChI=1S/C28H33FN6O2/c1-3-34-17-25(31-32-34)33(2)18-26(36)35-15-7-10-24(35)28(37)30-27(20-8-5-4-6-9-20)21-13-14-22(19-11-12-19)23(29)16-21/h4-6,8-9,13-14,16-17,19,24,27H,3,7,10-12,15,18H2,1-2H3,(H,30,37)/t24-,27-/m0/s1. The molecule has 2 heterocycles. The average Bonchev–Trinajstić information content (AvgIpc) is 3.41. The number of aryl methyl sites for hydroxylation is 1. The SMILES string of the molecule is CCn1cc(N(C)CC(=O)N2CCC[C@H]2C(=O)N[C@@H](c2ccccc2)c2ccc(C3CC3)c(F)c2)nn1. The zero-order valence-corrected chi connectivity index (χ0v) is 21.3. The van der Waals surface area contributed by atoms with Gasteiger partial charge in [0.15, 0.2) is 5.82 Å². The van der Waals surface area contributed by atoms with Gasteiger partial charge in [0.2, 0.25) is 11.8 Å². The van der Waals surface area contributed by atoms with Crippen LogP contribution in [-0.4, -0.2) is 57.9 Å². The van der Waals surface area contributed by atoms with Gasteiger partial charge in [0.05, 0.1) is 18.8 Å². The smallest absolute Gasteiger partial charge is 0.243 e. The molecule has 5 rings (SSSR count). The number of aromatic nitrogens is 3. The van der Waals surface area contributed by atoms with E-state index in [-0.39, 0.29) is 24.2 Å². The molecule has 3 aromatic rings. The molecule has 2 aliphatic rings. The summed E-state index contributed by atoms with van der Waals surface area (Å²) >= 11 is 0. The van der Waals surface area contributed by atoms with Gasteiger partial charge < -0.3 is 15.1 Å². The summed E-state index contributed by atoms with van der Waals surface area (Å²) in [6.45, 7) is 3.28. The number of carbonyl (C=O) groups is 2. The minimum Gasteiger partial charge on any atom is -0.348 e. The highest BCUT2D eigenvalue weighted by atomic mass is 19.1. The van der Waals surface area contributed by atoms with Crippen LogP contribution in [0.15, 0.2) is 54.7 Å². The van der Waals surface area contributed by atoms with Crippen LogP contribution in [0.25, 0.3) is 0 Å². The molecule has 8 nitrogen and oxygen atoms in total. The lowest BCUT2D eigenvalue weighted by atomic mass is 9.96. The van der Waals surface area contributed by atoms with Crippen molar-refractivity contribution in [3.63, 3.8) is 0 Å². The molecule has 0 unspecified atom stereocenters. The van der Waals surface area contributed by atoms with E-state index in [0.717, 1.165) is 30.4 Å². The zero-order valence-electron chi connectivity index (χ0n) is 21.3. The number of halogens is 1. The van der Waals surface area contributed by atoms with E-state index in [1.165, 1.54) is 0 Å². The van der Waals surface area contributed by atoms with Crippen molar-refractivity contribution in [2.75, 3.05) is 25.0 Å². The van der Waals surface area contributed by atoms with E-state index in [2.05, 4.69) is 15.6 Å². The Bertz CT molecular complexity index is 1260. The maximum atomic E-state index is 14.9. The van der Waals surface area contributed by atoms with Gasteiger partial charge in [-0.2, -0.15) is 0 Å². The number of nitrogens with zero attached hydrogens (tertiary/aromatic N) is 5. The van der Waals surface area contributed by atoms with Gasteiger partial charge in [0, 0.05) is 20.1 Å². The normalized spacial score (nSPS) is 18.0. The molecule has 2 fully saturated rings. The monoisotopic (exact) mass is 504 g/mol. The Labute approximate surface area is 216 Å². The van der Waals surface area contributed by atoms with Crippen molar-refractivity contribution in [1.29, 1.82) is 0 Å². The molecule has 1 saturated carbocycles. The van der Waals surface area contributed by atoms with E-state index in [1.807, 2.05) is 49.4 Å². The van der Waals surface area contributed by atoms with Crippen molar-refractivity contribution in [1.82, 2.24) is 25.2 Å². The molecule has 1 N–H and O–H groups in total. The topological polar surface area (TPSA) is 83.4 Å². The Morgan fingerprint density at radius 1 is 1.14 bits per heavy atom. The van der Waals surface area contributed by atoms with Gasteiger partial charge in [-0.15, -0.1) is 5.10 Å². The molecule has 2 aromatic carbocycles. The van der Waals surface area contributed by atoms with Crippen LogP contribution in [0.2, 0.25) is 0 Å². The molecular formula is C28H33FN6O2. The van der Waals surface area contributed by atoms with Crippen molar-refractivity contribution < 1.29 is 14.0 Å². The molecule has 0 radical (unpaired) electrons. The Morgan fingerprint density at radius 3 is 2.59 bits per heavy atom. The van der Waals surface area contributed by atoms with Gasteiger partial charge in [-0.1, -0.05) is 47.7 Å². The third kappa shape index (κ3) is 5.50. The summed E-state index contributed by atoms with van der Waals surface area (Å²) in [5.41, 5.74) is 2.30. The quantitative estimate of drug-likeness (QED) is 0.481. The van der Waals surface area contributed by atoms with E-state index in [1.54, 1.807) is 33.8 Å². The lowest BCUT2D eigenvalue weighted by molar-refractivity contribution is -0.137. The fraction of sp³-hybridized carbons (Fsp3) is 0.429. The molecule has 2 atom stereocenters. The summed E-state index contributed by atoms with van der Waals surface area (Å²) in [7, 11) is 1.79. The number of benzene rings is 2. The Morgan fingerprint density at radius 2 is 1.92 bits per heavy atom. The number of nitrogens with one attached hydrogen (secondary N) is 1. The number of carbonyl (C=O) groups excluding carboxylic acids is 2. The number of rotatable bonds is 9. The summed E-state index contributed by atoms with van der Waals surface area (Å²) < 4.78 is 16.6. The Balaban J connectivity index is 1.31. The predicted molar refractivity (Wildman–Crippen MR) is 139 cm³/mol. The first-order valence-electron chi connectivity index (χ1n) is 13.0. The van der Waals surface area contributed by atoms with Crippen molar-refractivity contribution in [2.45, 2.75) is 57.2 Å². The molecule has 2 amide bonds. The summed E-state index contributed by atoms with van der Waals surface area (Å²) in [6, 6.07) is 13.8. The summed E-state index contributed by atoms with van der Waals surface area (Å²) in [5.74, 6) is 0.321. The Hall–Kier alpha value is -3.75. The fourth-order valence-corrected chi connectivity index (χ4v) is 5.02. The van der Waals surface area contributed by atoms with Gasteiger partial charge >= 0.3 is 0 Å². The molecule has 0 spiro atoms. The second-order valence-electron chi connectivity index (χ2n) is 9.94. The number of likely N-dealkylation sites (tertiary alicyclic amines) is 1. The minimum absolute atomic E-state index is 0.0993. The van der Waals surface area contributed by atoms with Crippen LogP contribution in [0.4, 0.5) is 10.2 Å². The molecule has 37 heavy (non-hydrogen) atoms. The van der Waals surface area contributed by atoms with E-state index in [0.29, 0.717) is 36.8 Å². The number of hydrogen-bond acceptors (Lipinski definition) is 5. The zero-order chi connectivity index (χ0) is 25.9. The second kappa shape index (κ2) is 10.7. The second-order valence-corrected chi connectivity index (χ2v) is 9.94. The van der Waals surface area contributed by atoms with Crippen LogP contribution in [0.5, 0.6) is 0 Å².